The van der Waals surface area contributed by atoms with Gasteiger partial charge in [-0.1, -0.05) is 25.3 Å². The van der Waals surface area contributed by atoms with Gasteiger partial charge < -0.3 is 15.5 Å². The van der Waals surface area contributed by atoms with Crippen molar-refractivity contribution >= 4 is 11.8 Å². The molecule has 0 saturated heterocycles. The molecular formula is C22H30N4O3. The van der Waals surface area contributed by atoms with Crippen molar-refractivity contribution in [3.8, 4) is 0 Å². The number of nitrogens with one attached hydrogen (secondary N) is 1. The lowest BCUT2D eigenvalue weighted by Crippen LogP contribution is -2.25. The second-order valence-corrected chi connectivity index (χ2v) is 7.82. The zero-order chi connectivity index (χ0) is 20.6. The van der Waals surface area contributed by atoms with Crippen LogP contribution in [-0.2, 0) is 17.6 Å². The molecule has 29 heavy (non-hydrogen) atoms. The van der Waals surface area contributed by atoms with E-state index in [1.807, 2.05) is 6.92 Å². The lowest BCUT2D eigenvalue weighted by Gasteiger charge is -2.22. The molecule has 0 aromatic carbocycles. The molecule has 3 N–H and O–H groups in total. The Balaban J connectivity index is 1.41. The van der Waals surface area contributed by atoms with Crippen LogP contribution in [0.15, 0.2) is 24.5 Å². The second-order valence-electron chi connectivity index (χ2n) is 7.82. The zero-order valence-electron chi connectivity index (χ0n) is 17.0. The van der Waals surface area contributed by atoms with Crippen LogP contribution in [0.2, 0.25) is 0 Å². The third kappa shape index (κ3) is 6.49. The molecule has 1 aliphatic heterocycles. The second kappa shape index (κ2) is 10.3. The fourth-order valence-corrected chi connectivity index (χ4v) is 3.78. The van der Waals surface area contributed by atoms with Crippen molar-refractivity contribution < 1.29 is 15.0 Å². The van der Waals surface area contributed by atoms with Crippen molar-refractivity contribution in [2.75, 3.05) is 5.32 Å². The Labute approximate surface area is 171 Å². The number of carbonyl (C=O) groups is 1. The highest BCUT2D eigenvalue weighted by molar-refractivity contribution is 5.68. The number of fused-ring (bicyclic) bond motifs is 1. The molecule has 0 aliphatic carbocycles. The Morgan fingerprint density at radius 3 is 2.72 bits per heavy atom. The third-order valence-electron chi connectivity index (χ3n) is 5.46. The van der Waals surface area contributed by atoms with E-state index in [0.29, 0.717) is 5.82 Å². The molecule has 0 amide bonds. The van der Waals surface area contributed by atoms with Crippen LogP contribution >= 0.6 is 0 Å². The maximum atomic E-state index is 11.2. The van der Waals surface area contributed by atoms with E-state index in [2.05, 4.69) is 32.4 Å². The van der Waals surface area contributed by atoms with Gasteiger partial charge in [0.05, 0.1) is 6.42 Å². The summed E-state index contributed by atoms with van der Waals surface area (Å²) in [5.74, 6) is 0.696. The number of aryl methyl sites for hydroxylation is 3. The van der Waals surface area contributed by atoms with E-state index in [-0.39, 0.29) is 12.3 Å². The topological polar surface area (TPSA) is 108 Å². The Hall–Kier alpha value is -2.54. The van der Waals surface area contributed by atoms with Crippen LogP contribution in [0, 0.1) is 6.92 Å². The number of hydrogen-bond acceptors (Lipinski definition) is 6. The lowest BCUT2D eigenvalue weighted by atomic mass is 9.92. The summed E-state index contributed by atoms with van der Waals surface area (Å²) in [7, 11) is 0. The fraction of sp³-hybridized carbons (Fsp3) is 0.545. The van der Waals surface area contributed by atoms with Gasteiger partial charge in [-0.3, -0.25) is 4.79 Å². The summed E-state index contributed by atoms with van der Waals surface area (Å²) in [6.07, 6.45) is 10.6. The minimum Gasteiger partial charge on any atom is -0.481 e. The lowest BCUT2D eigenvalue weighted by molar-refractivity contribution is -0.137. The number of nitrogens with zero attached hydrogens (tertiary/aromatic N) is 3. The first-order chi connectivity index (χ1) is 14.0. The van der Waals surface area contributed by atoms with Crippen LogP contribution in [0.4, 0.5) is 5.82 Å². The van der Waals surface area contributed by atoms with Crippen LogP contribution in [0.25, 0.3) is 0 Å². The molecule has 156 valence electrons. The van der Waals surface area contributed by atoms with Gasteiger partial charge >= 0.3 is 5.97 Å². The van der Waals surface area contributed by atoms with Crippen LogP contribution in [0.1, 0.15) is 73.5 Å². The summed E-state index contributed by atoms with van der Waals surface area (Å²) in [6.45, 7) is 1.82. The quantitative estimate of drug-likeness (QED) is 0.525. The van der Waals surface area contributed by atoms with Gasteiger partial charge in [0, 0.05) is 18.1 Å². The highest BCUT2D eigenvalue weighted by Gasteiger charge is 2.17. The van der Waals surface area contributed by atoms with E-state index in [1.165, 1.54) is 5.56 Å². The third-order valence-corrected chi connectivity index (χ3v) is 5.46. The zero-order valence-corrected chi connectivity index (χ0v) is 17.0. The summed E-state index contributed by atoms with van der Waals surface area (Å²) >= 11 is 0. The first-order valence-electron chi connectivity index (χ1n) is 10.4. The van der Waals surface area contributed by atoms with E-state index < -0.39 is 12.2 Å². The first-order valence-corrected chi connectivity index (χ1v) is 10.4. The average Bonchev–Trinajstić information content (AvgIpc) is 2.69. The van der Waals surface area contributed by atoms with E-state index in [1.54, 1.807) is 12.4 Å². The standard InChI is InChI=1S/C22H30N4O3/c1-15-23-13-18(14-24-15)17(12-21(28)29)6-4-2-3-5-7-19-10-8-16-9-11-20(27)26-22(16)25-19/h8,10,13-14,17,20,27H,2-7,9,11-12H2,1H3,(H,25,26)(H,28,29)/t17-,20?/m0/s1. The Kier molecular flexibility index (Phi) is 7.52. The molecule has 0 spiro atoms. The maximum Gasteiger partial charge on any atom is 0.303 e. The van der Waals surface area contributed by atoms with Crippen molar-refractivity contribution in [1.29, 1.82) is 0 Å². The van der Waals surface area contributed by atoms with Gasteiger partial charge in [0.25, 0.3) is 0 Å². The number of unbranched alkanes of at least 4 members (excludes halogenated alkanes) is 3. The number of aliphatic hydroxyl groups is 1. The number of aliphatic carboxylic acids is 1. The van der Waals surface area contributed by atoms with Gasteiger partial charge in [0.2, 0.25) is 0 Å². The van der Waals surface area contributed by atoms with E-state index in [0.717, 1.165) is 68.4 Å². The molecule has 7 heteroatoms. The van der Waals surface area contributed by atoms with Gasteiger partial charge in [-0.05, 0) is 62.1 Å². The molecule has 2 atom stereocenters. The number of pyridine rings is 1. The molecule has 0 fully saturated rings. The summed E-state index contributed by atoms with van der Waals surface area (Å²) in [6, 6.07) is 4.19. The summed E-state index contributed by atoms with van der Waals surface area (Å²) in [5, 5.41) is 22.0. The van der Waals surface area contributed by atoms with Crippen LogP contribution < -0.4 is 5.32 Å². The maximum absolute atomic E-state index is 11.2. The number of hydrogen-bond donors (Lipinski definition) is 3. The molecule has 3 rings (SSSR count). The molecule has 2 aromatic heterocycles. The molecule has 2 aromatic rings. The van der Waals surface area contributed by atoms with Gasteiger partial charge in [0.15, 0.2) is 0 Å². The normalized spacial score (nSPS) is 16.7. The van der Waals surface area contributed by atoms with Gasteiger partial charge in [-0.2, -0.15) is 0 Å². The predicted octanol–water partition coefficient (Wildman–Crippen LogP) is 3.61. The molecule has 0 radical (unpaired) electrons. The number of aliphatic hydroxyl groups excluding tert-OH is 1. The van der Waals surface area contributed by atoms with E-state index in [4.69, 9.17) is 0 Å². The summed E-state index contributed by atoms with van der Waals surface area (Å²) in [4.78, 5) is 24.2. The van der Waals surface area contributed by atoms with Crippen LogP contribution in [-0.4, -0.2) is 37.4 Å². The number of carboxylic acids is 1. The van der Waals surface area contributed by atoms with Crippen molar-refractivity contribution in [3.63, 3.8) is 0 Å². The monoisotopic (exact) mass is 398 g/mol. The molecule has 0 saturated carbocycles. The van der Waals surface area contributed by atoms with Crippen molar-refractivity contribution in [2.45, 2.75) is 76.9 Å². The minimum atomic E-state index is -0.784. The predicted molar refractivity (Wildman–Crippen MR) is 111 cm³/mol. The summed E-state index contributed by atoms with van der Waals surface area (Å²) < 4.78 is 0. The largest absolute Gasteiger partial charge is 0.481 e. The molecule has 1 aliphatic rings. The average molecular weight is 399 g/mol. The number of carboxylic acid groups (broad SMARTS) is 1. The number of anilines is 1. The minimum absolute atomic E-state index is 0.0343. The highest BCUT2D eigenvalue weighted by Crippen LogP contribution is 2.26. The SMILES string of the molecule is Cc1ncc([C@@H](CCCCCCc2ccc3c(n2)NC(O)CC3)CC(=O)O)cn1. The van der Waals surface area contributed by atoms with Gasteiger partial charge in [-0.15, -0.1) is 0 Å². The number of rotatable bonds is 10. The van der Waals surface area contributed by atoms with Crippen LogP contribution in [0.3, 0.4) is 0 Å². The first kappa shape index (κ1) is 21.2. The Morgan fingerprint density at radius 1 is 1.21 bits per heavy atom. The molecule has 7 nitrogen and oxygen atoms in total. The summed E-state index contributed by atoms with van der Waals surface area (Å²) in [5.41, 5.74) is 3.13. The highest BCUT2D eigenvalue weighted by atomic mass is 16.4. The number of aromatic nitrogens is 3. The van der Waals surface area contributed by atoms with Gasteiger partial charge in [0.1, 0.15) is 17.9 Å². The molecule has 3 heterocycles. The van der Waals surface area contributed by atoms with Crippen molar-refractivity contribution in [3.05, 3.63) is 47.2 Å². The Bertz CT molecular complexity index is 810. The van der Waals surface area contributed by atoms with Crippen LogP contribution in [0.5, 0.6) is 0 Å². The molecule has 1 unspecified atom stereocenters. The van der Waals surface area contributed by atoms with Gasteiger partial charge in [-0.25, -0.2) is 15.0 Å². The smallest absolute Gasteiger partial charge is 0.303 e. The van der Waals surface area contributed by atoms with Crippen molar-refractivity contribution in [1.82, 2.24) is 15.0 Å². The fourth-order valence-electron chi connectivity index (χ4n) is 3.78. The molecular weight excluding hydrogens is 368 g/mol. The van der Waals surface area contributed by atoms with E-state index >= 15 is 0 Å². The Morgan fingerprint density at radius 2 is 1.97 bits per heavy atom. The van der Waals surface area contributed by atoms with E-state index in [9.17, 15) is 15.0 Å². The molecule has 0 bridgehead atoms. The van der Waals surface area contributed by atoms with Crippen molar-refractivity contribution in [2.24, 2.45) is 0 Å².